The van der Waals surface area contributed by atoms with Crippen molar-refractivity contribution in [2.24, 2.45) is 0 Å². The van der Waals surface area contributed by atoms with Crippen LogP contribution >= 0.6 is 0 Å². The lowest BCUT2D eigenvalue weighted by Crippen LogP contribution is -2.32. The van der Waals surface area contributed by atoms with Gasteiger partial charge in [-0.1, -0.05) is 30.3 Å². The maximum Gasteiger partial charge on any atom is 0.417 e. The van der Waals surface area contributed by atoms with Crippen molar-refractivity contribution in [3.63, 3.8) is 0 Å². The van der Waals surface area contributed by atoms with Crippen LogP contribution in [0.1, 0.15) is 40.7 Å². The average molecular weight is 387 g/mol. The molecule has 2 heterocycles. The van der Waals surface area contributed by atoms with Gasteiger partial charge < -0.3 is 9.32 Å². The van der Waals surface area contributed by atoms with Gasteiger partial charge in [0.15, 0.2) is 0 Å². The molecule has 4 rings (SSSR count). The van der Waals surface area contributed by atoms with E-state index in [-0.39, 0.29) is 11.5 Å². The van der Waals surface area contributed by atoms with Gasteiger partial charge >= 0.3 is 6.18 Å². The molecule has 1 aromatic heterocycles. The van der Waals surface area contributed by atoms with E-state index in [1.54, 1.807) is 0 Å². The van der Waals surface area contributed by atoms with Gasteiger partial charge in [0, 0.05) is 12.1 Å². The Balaban J connectivity index is 1.63. The van der Waals surface area contributed by atoms with Crippen LogP contribution in [0.25, 0.3) is 11.5 Å². The molecule has 0 saturated carbocycles. The molecule has 0 bridgehead atoms. The molecule has 5 nitrogen and oxygen atoms in total. The summed E-state index contributed by atoms with van der Waals surface area (Å²) in [6.45, 7) is 0.332. The Morgan fingerprint density at radius 3 is 2.50 bits per heavy atom. The molecule has 8 heteroatoms. The van der Waals surface area contributed by atoms with Crippen molar-refractivity contribution in [2.45, 2.75) is 25.1 Å². The van der Waals surface area contributed by atoms with Crippen LogP contribution < -0.4 is 0 Å². The summed E-state index contributed by atoms with van der Waals surface area (Å²) in [5.41, 5.74) is -0.578. The average Bonchev–Trinajstić information content (AvgIpc) is 3.37. The molecule has 0 N–H and O–H groups in total. The van der Waals surface area contributed by atoms with E-state index in [1.807, 2.05) is 30.3 Å². The molecule has 1 atom stereocenters. The van der Waals surface area contributed by atoms with Gasteiger partial charge in [0.2, 0.25) is 11.8 Å². The number of carbonyl (C=O) groups is 1. The standard InChI is InChI=1S/C20H16F3N3O2/c21-20(22,23)15-10-5-4-9-14(15)19(27)26-12-6-11-16(26)18-25-24-17(28-18)13-7-2-1-3-8-13/h1-5,7-10,16H,6,11-12H2. The van der Waals surface area contributed by atoms with Crippen LogP contribution in [0.3, 0.4) is 0 Å². The van der Waals surface area contributed by atoms with E-state index in [4.69, 9.17) is 4.42 Å². The topological polar surface area (TPSA) is 59.2 Å². The number of likely N-dealkylation sites (tertiary alicyclic amines) is 1. The van der Waals surface area contributed by atoms with E-state index in [1.165, 1.54) is 23.1 Å². The van der Waals surface area contributed by atoms with Gasteiger partial charge in [-0.15, -0.1) is 10.2 Å². The van der Waals surface area contributed by atoms with E-state index < -0.39 is 23.7 Å². The number of rotatable bonds is 3. The second-order valence-corrected chi connectivity index (χ2v) is 6.51. The van der Waals surface area contributed by atoms with Crippen molar-refractivity contribution >= 4 is 5.91 Å². The molecule has 1 unspecified atom stereocenters. The number of alkyl halides is 3. The number of benzene rings is 2. The van der Waals surface area contributed by atoms with E-state index >= 15 is 0 Å². The van der Waals surface area contributed by atoms with Crippen molar-refractivity contribution in [1.82, 2.24) is 15.1 Å². The van der Waals surface area contributed by atoms with Crippen LogP contribution in [0.15, 0.2) is 59.0 Å². The zero-order valence-electron chi connectivity index (χ0n) is 14.7. The van der Waals surface area contributed by atoms with Crippen molar-refractivity contribution < 1.29 is 22.4 Å². The van der Waals surface area contributed by atoms with Crippen molar-refractivity contribution in [2.75, 3.05) is 6.54 Å². The SMILES string of the molecule is O=C(c1ccccc1C(F)(F)F)N1CCCC1c1nnc(-c2ccccc2)o1. The first-order valence-corrected chi connectivity index (χ1v) is 8.81. The highest BCUT2D eigenvalue weighted by atomic mass is 19.4. The van der Waals surface area contributed by atoms with Crippen molar-refractivity contribution in [1.29, 1.82) is 0 Å². The summed E-state index contributed by atoms with van der Waals surface area (Å²) in [6, 6.07) is 13.4. The van der Waals surface area contributed by atoms with Gasteiger partial charge in [-0.3, -0.25) is 4.79 Å². The number of hydrogen-bond donors (Lipinski definition) is 0. The van der Waals surface area contributed by atoms with Crippen molar-refractivity contribution in [3.05, 3.63) is 71.6 Å². The third-order valence-corrected chi connectivity index (χ3v) is 4.72. The minimum Gasteiger partial charge on any atom is -0.418 e. The van der Waals surface area contributed by atoms with Crippen LogP contribution in [0.4, 0.5) is 13.2 Å². The summed E-state index contributed by atoms with van der Waals surface area (Å²) in [5, 5.41) is 8.06. The highest BCUT2D eigenvalue weighted by molar-refractivity contribution is 5.96. The Kier molecular flexibility index (Phi) is 4.62. The van der Waals surface area contributed by atoms with Gasteiger partial charge in [0.1, 0.15) is 6.04 Å². The summed E-state index contributed by atoms with van der Waals surface area (Å²) < 4.78 is 45.6. The zero-order chi connectivity index (χ0) is 19.7. The highest BCUT2D eigenvalue weighted by Crippen LogP contribution is 2.37. The lowest BCUT2D eigenvalue weighted by Gasteiger charge is -2.23. The van der Waals surface area contributed by atoms with E-state index in [0.717, 1.165) is 11.6 Å². The molecule has 0 aliphatic carbocycles. The fraction of sp³-hybridized carbons (Fsp3) is 0.250. The van der Waals surface area contributed by atoms with Gasteiger partial charge in [-0.25, -0.2) is 0 Å². The lowest BCUT2D eigenvalue weighted by molar-refractivity contribution is -0.138. The zero-order valence-corrected chi connectivity index (χ0v) is 14.7. The molecule has 1 aliphatic rings. The molecular weight excluding hydrogens is 371 g/mol. The van der Waals surface area contributed by atoms with Gasteiger partial charge in [0.05, 0.1) is 11.1 Å². The van der Waals surface area contributed by atoms with Crippen molar-refractivity contribution in [3.8, 4) is 11.5 Å². The maximum atomic E-state index is 13.3. The number of halogens is 3. The van der Waals surface area contributed by atoms with Crippen LogP contribution in [0.5, 0.6) is 0 Å². The fourth-order valence-corrected chi connectivity index (χ4v) is 3.40. The highest BCUT2D eigenvalue weighted by Gasteiger charge is 2.39. The van der Waals surface area contributed by atoms with E-state index in [0.29, 0.717) is 25.3 Å². The second kappa shape index (κ2) is 7.10. The summed E-state index contributed by atoms with van der Waals surface area (Å²) in [4.78, 5) is 14.3. The molecule has 144 valence electrons. The summed E-state index contributed by atoms with van der Waals surface area (Å²) in [7, 11) is 0. The van der Waals surface area contributed by atoms with Crippen LogP contribution in [-0.4, -0.2) is 27.5 Å². The number of carbonyl (C=O) groups excluding carboxylic acids is 1. The molecular formula is C20H16F3N3O2. The first-order valence-electron chi connectivity index (χ1n) is 8.81. The molecule has 0 spiro atoms. The van der Waals surface area contributed by atoms with Gasteiger partial charge in [-0.05, 0) is 37.1 Å². The lowest BCUT2D eigenvalue weighted by atomic mass is 10.1. The predicted molar refractivity (Wildman–Crippen MR) is 94.2 cm³/mol. The Morgan fingerprint density at radius 2 is 1.75 bits per heavy atom. The predicted octanol–water partition coefficient (Wildman–Crippen LogP) is 4.73. The monoisotopic (exact) mass is 387 g/mol. The third kappa shape index (κ3) is 3.37. The van der Waals surface area contributed by atoms with Crippen LogP contribution in [0, 0.1) is 0 Å². The molecule has 2 aromatic carbocycles. The molecule has 0 radical (unpaired) electrons. The smallest absolute Gasteiger partial charge is 0.417 e. The first-order chi connectivity index (χ1) is 13.4. The molecule has 28 heavy (non-hydrogen) atoms. The molecule has 1 amide bonds. The van der Waals surface area contributed by atoms with E-state index in [9.17, 15) is 18.0 Å². The van der Waals surface area contributed by atoms with Crippen LogP contribution in [-0.2, 0) is 6.18 Å². The minimum absolute atomic E-state index is 0.231. The Hall–Kier alpha value is -3.16. The molecule has 1 saturated heterocycles. The van der Waals surface area contributed by atoms with E-state index in [2.05, 4.69) is 10.2 Å². The van der Waals surface area contributed by atoms with Gasteiger partial charge in [-0.2, -0.15) is 13.2 Å². The molecule has 1 aliphatic heterocycles. The quantitative estimate of drug-likeness (QED) is 0.652. The minimum atomic E-state index is -4.60. The Bertz CT molecular complexity index is 986. The summed E-state index contributed by atoms with van der Waals surface area (Å²) in [5.74, 6) is -0.144. The maximum absolute atomic E-state index is 13.3. The summed E-state index contributed by atoms with van der Waals surface area (Å²) in [6.07, 6.45) is -3.41. The first kappa shape index (κ1) is 18.2. The molecule has 3 aromatic rings. The number of hydrogen-bond acceptors (Lipinski definition) is 4. The second-order valence-electron chi connectivity index (χ2n) is 6.51. The number of nitrogens with zero attached hydrogens (tertiary/aromatic N) is 3. The summed E-state index contributed by atoms with van der Waals surface area (Å²) >= 11 is 0. The third-order valence-electron chi connectivity index (χ3n) is 4.72. The van der Waals surface area contributed by atoms with Crippen LogP contribution in [0.2, 0.25) is 0 Å². The Morgan fingerprint density at radius 1 is 1.04 bits per heavy atom. The van der Waals surface area contributed by atoms with Gasteiger partial charge in [0.25, 0.3) is 5.91 Å². The largest absolute Gasteiger partial charge is 0.418 e. The molecule has 1 fully saturated rings. The normalized spacial score (nSPS) is 17.1. The fourth-order valence-electron chi connectivity index (χ4n) is 3.40. The number of amides is 1. The Labute approximate surface area is 158 Å². The number of aromatic nitrogens is 2.